The van der Waals surface area contributed by atoms with Gasteiger partial charge in [-0.15, -0.1) is 0 Å². The summed E-state index contributed by atoms with van der Waals surface area (Å²) in [4.78, 5) is 17.3. The van der Waals surface area contributed by atoms with Gasteiger partial charge in [0, 0.05) is 6.20 Å². The van der Waals surface area contributed by atoms with Crippen LogP contribution in [-0.2, 0) is 0 Å². The molecule has 4 nitrogen and oxygen atoms in total. The summed E-state index contributed by atoms with van der Waals surface area (Å²) in [5.41, 5.74) is 0.452. The summed E-state index contributed by atoms with van der Waals surface area (Å²) in [6, 6.07) is 3.41. The Kier molecular flexibility index (Phi) is 4.96. The Hall–Kier alpha value is -1.13. The number of carbonyl (C=O) groups excluding carboxylic acids is 1. The lowest BCUT2D eigenvalue weighted by Gasteiger charge is -2.23. The Bertz CT molecular complexity index is 405. The van der Waals surface area contributed by atoms with Gasteiger partial charge in [0.25, 0.3) is 5.91 Å². The second kappa shape index (κ2) is 6.71. The number of hydrogen-bond acceptors (Lipinski definition) is 2. The van der Waals surface area contributed by atoms with Gasteiger partial charge in [-0.1, -0.05) is 11.6 Å². The first kappa shape index (κ1) is 13.3. The highest BCUT2D eigenvalue weighted by Gasteiger charge is 2.14. The zero-order chi connectivity index (χ0) is 12.8. The summed E-state index contributed by atoms with van der Waals surface area (Å²) in [5.74, 6) is -0.135. The summed E-state index contributed by atoms with van der Waals surface area (Å²) in [7, 11) is 0. The van der Waals surface area contributed by atoms with E-state index in [0.717, 1.165) is 6.54 Å². The number of aromatic nitrogens is 1. The molecule has 1 aliphatic rings. The Labute approximate surface area is 112 Å². The van der Waals surface area contributed by atoms with Gasteiger partial charge in [-0.2, -0.15) is 0 Å². The quantitative estimate of drug-likeness (QED) is 0.783. The molecule has 18 heavy (non-hydrogen) atoms. The summed E-state index contributed by atoms with van der Waals surface area (Å²) in [6.45, 7) is 4.13. The van der Waals surface area contributed by atoms with Crippen molar-refractivity contribution >= 4 is 17.5 Å². The molecule has 0 aromatic carbocycles. The first-order valence-electron chi connectivity index (χ1n) is 6.49. The van der Waals surface area contributed by atoms with Crippen LogP contribution in [0.2, 0.25) is 5.15 Å². The maximum Gasteiger partial charge on any atom is 0.254 e. The van der Waals surface area contributed by atoms with Crippen molar-refractivity contribution in [2.75, 3.05) is 26.2 Å². The highest BCUT2D eigenvalue weighted by Crippen LogP contribution is 2.10. The van der Waals surface area contributed by atoms with Crippen LogP contribution in [0.4, 0.5) is 0 Å². The fourth-order valence-corrected chi connectivity index (χ4v) is 2.51. The van der Waals surface area contributed by atoms with E-state index in [1.165, 1.54) is 32.4 Å². The maximum absolute atomic E-state index is 11.9. The number of carbonyl (C=O) groups is 1. The number of rotatable bonds is 4. The van der Waals surface area contributed by atoms with E-state index < -0.39 is 0 Å². The van der Waals surface area contributed by atoms with Crippen molar-refractivity contribution in [3.63, 3.8) is 0 Å². The van der Waals surface area contributed by atoms with E-state index >= 15 is 0 Å². The number of pyridine rings is 1. The number of likely N-dealkylation sites (tertiary alicyclic amines) is 1. The molecular formula is C13H19ClN3O+. The normalized spacial score (nSPS) is 16.5. The largest absolute Gasteiger partial charge is 0.346 e. The molecule has 0 saturated carbocycles. The Balaban J connectivity index is 1.76. The van der Waals surface area contributed by atoms with E-state index in [1.54, 1.807) is 23.2 Å². The van der Waals surface area contributed by atoms with Gasteiger partial charge in [-0.05, 0) is 31.4 Å². The average Bonchev–Trinajstić information content (AvgIpc) is 2.40. The molecule has 5 heteroatoms. The molecule has 1 aromatic heterocycles. The highest BCUT2D eigenvalue weighted by molar-refractivity contribution is 6.32. The molecule has 1 fully saturated rings. The first-order chi connectivity index (χ1) is 8.77. The van der Waals surface area contributed by atoms with Gasteiger partial charge in [0.05, 0.1) is 31.7 Å². The molecule has 1 aromatic rings. The van der Waals surface area contributed by atoms with Crippen LogP contribution in [0.15, 0.2) is 18.3 Å². The van der Waals surface area contributed by atoms with Gasteiger partial charge in [-0.3, -0.25) is 4.79 Å². The number of hydrogen-bond donors (Lipinski definition) is 2. The predicted molar refractivity (Wildman–Crippen MR) is 71.0 cm³/mol. The van der Waals surface area contributed by atoms with Crippen LogP contribution in [0.3, 0.4) is 0 Å². The molecule has 2 rings (SSSR count). The van der Waals surface area contributed by atoms with Crippen LogP contribution in [0, 0.1) is 0 Å². The van der Waals surface area contributed by atoms with Gasteiger partial charge < -0.3 is 10.2 Å². The van der Waals surface area contributed by atoms with Crippen LogP contribution in [-0.4, -0.2) is 37.1 Å². The maximum atomic E-state index is 11.9. The van der Waals surface area contributed by atoms with Crippen LogP contribution in [0.1, 0.15) is 29.6 Å². The minimum Gasteiger partial charge on any atom is -0.346 e. The third-order valence-electron chi connectivity index (χ3n) is 3.33. The van der Waals surface area contributed by atoms with E-state index in [0.29, 0.717) is 12.1 Å². The summed E-state index contributed by atoms with van der Waals surface area (Å²) in [5, 5.41) is 3.17. The topological polar surface area (TPSA) is 46.4 Å². The van der Waals surface area contributed by atoms with E-state index in [1.807, 2.05) is 0 Å². The van der Waals surface area contributed by atoms with E-state index in [4.69, 9.17) is 11.6 Å². The van der Waals surface area contributed by atoms with Crippen LogP contribution >= 0.6 is 11.6 Å². The number of halogens is 1. The number of nitrogens with one attached hydrogen (secondary N) is 2. The molecule has 0 atom stereocenters. The Morgan fingerprint density at radius 1 is 1.39 bits per heavy atom. The van der Waals surface area contributed by atoms with Crippen LogP contribution in [0.5, 0.6) is 0 Å². The van der Waals surface area contributed by atoms with Gasteiger partial charge >= 0.3 is 0 Å². The minimum absolute atomic E-state index is 0.135. The molecule has 0 spiro atoms. The predicted octanol–water partition coefficient (Wildman–Crippen LogP) is 0.534. The van der Waals surface area contributed by atoms with Gasteiger partial charge in [0.2, 0.25) is 0 Å². The molecule has 1 amide bonds. The third kappa shape index (κ3) is 3.68. The SMILES string of the molecule is O=C(NCC[NH+]1CCCCC1)c1cccnc1Cl. The lowest BCUT2D eigenvalue weighted by molar-refractivity contribution is -0.903. The van der Waals surface area contributed by atoms with Gasteiger partial charge in [0.1, 0.15) is 5.15 Å². The summed E-state index contributed by atoms with van der Waals surface area (Å²) in [6.07, 6.45) is 5.54. The zero-order valence-electron chi connectivity index (χ0n) is 10.4. The number of quaternary nitrogens is 1. The second-order valence-electron chi connectivity index (χ2n) is 4.66. The van der Waals surface area contributed by atoms with Crippen molar-refractivity contribution in [1.29, 1.82) is 0 Å². The van der Waals surface area contributed by atoms with Crippen molar-refractivity contribution in [3.8, 4) is 0 Å². The molecular weight excluding hydrogens is 250 g/mol. The average molecular weight is 269 g/mol. The van der Waals surface area contributed by atoms with Crippen molar-refractivity contribution < 1.29 is 9.69 Å². The monoisotopic (exact) mass is 268 g/mol. The molecule has 0 radical (unpaired) electrons. The molecule has 1 saturated heterocycles. The molecule has 98 valence electrons. The van der Waals surface area contributed by atoms with Crippen molar-refractivity contribution in [2.24, 2.45) is 0 Å². The minimum atomic E-state index is -0.135. The summed E-state index contributed by atoms with van der Waals surface area (Å²) >= 11 is 5.87. The molecule has 2 N–H and O–H groups in total. The number of amides is 1. The standard InChI is InChI=1S/C13H18ClN3O/c14-12-11(5-4-6-15-12)13(18)16-7-10-17-8-2-1-3-9-17/h4-6H,1-3,7-10H2,(H,16,18)/p+1. The first-order valence-corrected chi connectivity index (χ1v) is 6.87. The van der Waals surface area contributed by atoms with E-state index in [9.17, 15) is 4.79 Å². The lowest BCUT2D eigenvalue weighted by Crippen LogP contribution is -3.13. The molecule has 0 unspecified atom stereocenters. The van der Waals surface area contributed by atoms with Crippen LogP contribution in [0.25, 0.3) is 0 Å². The smallest absolute Gasteiger partial charge is 0.254 e. The van der Waals surface area contributed by atoms with Crippen LogP contribution < -0.4 is 10.2 Å². The molecule has 1 aliphatic heterocycles. The van der Waals surface area contributed by atoms with E-state index in [-0.39, 0.29) is 11.1 Å². The van der Waals surface area contributed by atoms with Gasteiger partial charge in [-0.25, -0.2) is 4.98 Å². The number of nitrogens with zero attached hydrogens (tertiary/aromatic N) is 1. The Morgan fingerprint density at radius 3 is 2.89 bits per heavy atom. The molecule has 2 heterocycles. The third-order valence-corrected chi connectivity index (χ3v) is 3.63. The summed E-state index contributed by atoms with van der Waals surface area (Å²) < 4.78 is 0. The molecule has 0 aliphatic carbocycles. The van der Waals surface area contributed by atoms with Crippen molar-refractivity contribution in [3.05, 3.63) is 29.0 Å². The fraction of sp³-hybridized carbons (Fsp3) is 0.538. The highest BCUT2D eigenvalue weighted by atomic mass is 35.5. The van der Waals surface area contributed by atoms with Gasteiger partial charge in [0.15, 0.2) is 0 Å². The molecule has 0 bridgehead atoms. The second-order valence-corrected chi connectivity index (χ2v) is 5.02. The Morgan fingerprint density at radius 2 is 2.17 bits per heavy atom. The fourth-order valence-electron chi connectivity index (χ4n) is 2.31. The van der Waals surface area contributed by atoms with Crippen molar-refractivity contribution in [2.45, 2.75) is 19.3 Å². The zero-order valence-corrected chi connectivity index (χ0v) is 11.2. The van der Waals surface area contributed by atoms with Crippen molar-refractivity contribution in [1.82, 2.24) is 10.3 Å². The lowest BCUT2D eigenvalue weighted by atomic mass is 10.1. The number of piperidine rings is 1. The van der Waals surface area contributed by atoms with E-state index in [2.05, 4.69) is 10.3 Å².